The van der Waals surface area contributed by atoms with Crippen LogP contribution in [0, 0.1) is 5.41 Å². The Balaban J connectivity index is 1.95. The van der Waals surface area contributed by atoms with Gasteiger partial charge in [-0.25, -0.2) is 4.79 Å². The Kier molecular flexibility index (Phi) is 8.63. The quantitative estimate of drug-likeness (QED) is 0.266. The fourth-order valence-electron chi connectivity index (χ4n) is 4.58. The van der Waals surface area contributed by atoms with Gasteiger partial charge >= 0.3 is 18.1 Å². The van der Waals surface area contributed by atoms with Crippen molar-refractivity contribution in [3.8, 4) is 5.75 Å². The number of nitrogens with zero attached hydrogens (tertiary/aromatic N) is 2. The monoisotopic (exact) mass is 589 g/mol. The number of hydrogen-bond donors (Lipinski definition) is 2. The van der Waals surface area contributed by atoms with Gasteiger partial charge in [0.25, 0.3) is 5.91 Å². The molecule has 0 unspecified atom stereocenters. The first-order valence-electron chi connectivity index (χ1n) is 13.1. The number of ether oxygens (including phenoxy) is 1. The van der Waals surface area contributed by atoms with E-state index >= 15 is 0 Å². The van der Waals surface area contributed by atoms with E-state index in [0.717, 1.165) is 4.90 Å². The summed E-state index contributed by atoms with van der Waals surface area (Å²) in [5.74, 6) is -4.70. The maximum Gasteiger partial charge on any atom is 0.491 e. The van der Waals surface area contributed by atoms with E-state index in [1.54, 1.807) is 47.6 Å². The number of alkyl halides is 3. The number of benzene rings is 2. The third kappa shape index (κ3) is 6.97. The predicted octanol–water partition coefficient (Wildman–Crippen LogP) is 4.93. The number of carboxylic acid groups (broad SMARTS) is 1. The fourth-order valence-corrected chi connectivity index (χ4v) is 4.58. The van der Waals surface area contributed by atoms with E-state index in [4.69, 9.17) is 15.3 Å². The number of Topliss-reactive ketones (excluding diaryl/α,β-unsaturated/α-hetero) is 1. The molecule has 2 N–H and O–H groups in total. The Morgan fingerprint density at radius 3 is 1.98 bits per heavy atom. The Hall–Kier alpha value is -4.22. The molecule has 0 aliphatic carbocycles. The number of rotatable bonds is 7. The number of aliphatic carboxylic acids is 1. The molecule has 42 heavy (non-hydrogen) atoms. The van der Waals surface area contributed by atoms with Crippen molar-refractivity contribution in [2.75, 3.05) is 20.1 Å². The molecule has 1 aliphatic rings. The highest BCUT2D eigenvalue weighted by Gasteiger charge is 2.43. The average Bonchev–Trinajstić information content (AvgIpc) is 3.15. The normalized spacial score (nSPS) is 13.6. The van der Waals surface area contributed by atoms with Gasteiger partial charge in [0.2, 0.25) is 0 Å². The maximum atomic E-state index is 13.6. The Morgan fingerprint density at radius 2 is 1.50 bits per heavy atom. The van der Waals surface area contributed by atoms with Gasteiger partial charge in [0.15, 0.2) is 5.78 Å². The van der Waals surface area contributed by atoms with Crippen molar-refractivity contribution in [2.24, 2.45) is 0 Å². The zero-order valence-corrected chi connectivity index (χ0v) is 24.5. The first-order valence-corrected chi connectivity index (χ1v) is 13.1. The van der Waals surface area contributed by atoms with Crippen molar-refractivity contribution in [2.45, 2.75) is 65.1 Å². The molecule has 12 heteroatoms. The molecule has 0 bridgehead atoms. The predicted molar refractivity (Wildman–Crippen MR) is 148 cm³/mol. The molecule has 0 saturated carbocycles. The number of esters is 1. The van der Waals surface area contributed by atoms with Gasteiger partial charge in [0.1, 0.15) is 18.1 Å². The Morgan fingerprint density at radius 1 is 0.952 bits per heavy atom. The fraction of sp³-hybridized carbons (Fsp3) is 0.433. The van der Waals surface area contributed by atoms with Gasteiger partial charge in [-0.3, -0.25) is 19.8 Å². The minimum atomic E-state index is -5.21. The van der Waals surface area contributed by atoms with Gasteiger partial charge < -0.3 is 19.6 Å². The second kappa shape index (κ2) is 11.2. The molecule has 2 aromatic rings. The zero-order valence-electron chi connectivity index (χ0n) is 24.5. The molecule has 1 heterocycles. The number of carbonyl (C=O) groups excluding carboxylic acids is 3. The molecule has 2 aromatic carbocycles. The smallest absolute Gasteiger partial charge is 0.480 e. The summed E-state index contributed by atoms with van der Waals surface area (Å²) in [7, 11) is 1.35. The summed E-state index contributed by atoms with van der Waals surface area (Å²) in [5, 5.41) is 17.6. The van der Waals surface area contributed by atoms with Crippen LogP contribution in [0.3, 0.4) is 0 Å². The molecule has 0 spiro atoms. The molecule has 226 valence electrons. The summed E-state index contributed by atoms with van der Waals surface area (Å²) in [5.41, 5.74) is 0.419. The summed E-state index contributed by atoms with van der Waals surface area (Å²) < 4.78 is 44.3. The number of fused-ring (bicyclic) bond motifs is 1. The third-order valence-electron chi connectivity index (χ3n) is 6.80. The lowest BCUT2D eigenvalue weighted by Crippen LogP contribution is -2.32. The molecule has 1 aliphatic heterocycles. The number of likely N-dealkylation sites (N-methyl/N-ethyl adjacent to an activating group) is 1. The number of hydrogen-bond acceptors (Lipinski definition) is 6. The molecule has 9 nitrogen and oxygen atoms in total. The lowest BCUT2D eigenvalue weighted by molar-refractivity contribution is -0.189. The van der Waals surface area contributed by atoms with Crippen LogP contribution in [0.1, 0.15) is 84.5 Å². The molecule has 0 fully saturated rings. The third-order valence-corrected chi connectivity index (χ3v) is 6.80. The number of carboxylic acids is 1. The standard InChI is InChI=1S/C30H34F3N3O6/c1-28(2,3)20-11-18(12-21(29(4,5)6)24(20)42-27(41)30(31,32)33)22(37)14-36-13-17-9-8-16(10-19(17)25(36)34)26(40)35(7)15-23(38)39/h8-12,34H,13-15H2,1-7H3,(H,38,39). The first kappa shape index (κ1) is 32.3. The topological polar surface area (TPSA) is 128 Å². The zero-order chi connectivity index (χ0) is 31.9. The van der Waals surface area contributed by atoms with Crippen LogP contribution < -0.4 is 4.74 Å². The van der Waals surface area contributed by atoms with Crippen LogP contribution in [0.15, 0.2) is 30.3 Å². The van der Waals surface area contributed by atoms with Gasteiger partial charge in [0.05, 0.1) is 6.54 Å². The summed E-state index contributed by atoms with van der Waals surface area (Å²) >= 11 is 0. The Bertz CT molecular complexity index is 1430. The van der Waals surface area contributed by atoms with Crippen LogP contribution in [0.4, 0.5) is 13.2 Å². The molecular weight excluding hydrogens is 555 g/mol. The van der Waals surface area contributed by atoms with Crippen molar-refractivity contribution in [1.82, 2.24) is 9.80 Å². The van der Waals surface area contributed by atoms with E-state index < -0.39 is 47.2 Å². The van der Waals surface area contributed by atoms with E-state index in [0.29, 0.717) is 11.1 Å². The van der Waals surface area contributed by atoms with Crippen molar-refractivity contribution < 1.29 is 42.2 Å². The number of ketones is 1. The van der Waals surface area contributed by atoms with Gasteiger partial charge in [-0.2, -0.15) is 13.2 Å². The summed E-state index contributed by atoms with van der Waals surface area (Å²) in [4.78, 5) is 51.6. The average molecular weight is 590 g/mol. The van der Waals surface area contributed by atoms with Crippen molar-refractivity contribution >= 4 is 29.5 Å². The van der Waals surface area contributed by atoms with E-state index in [-0.39, 0.29) is 46.9 Å². The van der Waals surface area contributed by atoms with Gasteiger partial charge in [-0.05, 0) is 40.7 Å². The lowest BCUT2D eigenvalue weighted by Gasteiger charge is -2.30. The second-order valence-electron chi connectivity index (χ2n) is 12.3. The number of amidine groups is 1. The van der Waals surface area contributed by atoms with Crippen LogP contribution in [0.5, 0.6) is 5.75 Å². The first-order chi connectivity index (χ1) is 19.1. The van der Waals surface area contributed by atoms with E-state index in [2.05, 4.69) is 0 Å². The largest absolute Gasteiger partial charge is 0.491 e. The number of nitrogens with one attached hydrogen (secondary N) is 1. The summed E-state index contributed by atoms with van der Waals surface area (Å²) in [6, 6.07) is 7.53. The molecule has 0 radical (unpaired) electrons. The molecule has 0 saturated heterocycles. The minimum Gasteiger partial charge on any atom is -0.480 e. The minimum absolute atomic E-state index is 0.00305. The second-order valence-corrected chi connectivity index (χ2v) is 12.3. The van der Waals surface area contributed by atoms with Gasteiger partial charge in [-0.1, -0.05) is 47.6 Å². The SMILES string of the molecule is CN(CC(=O)O)C(=O)c1ccc2c(c1)C(=N)N(CC(=O)c1cc(C(C)(C)C)c(OC(=O)C(F)(F)F)c(C(C)(C)C)c1)C2. The number of amides is 1. The highest BCUT2D eigenvalue weighted by atomic mass is 19.4. The van der Waals surface area contributed by atoms with Crippen molar-refractivity contribution in [3.63, 3.8) is 0 Å². The van der Waals surface area contributed by atoms with E-state index in [1.165, 1.54) is 36.2 Å². The van der Waals surface area contributed by atoms with Crippen LogP contribution >= 0.6 is 0 Å². The highest BCUT2D eigenvalue weighted by Crippen LogP contribution is 2.42. The number of carbonyl (C=O) groups is 4. The van der Waals surface area contributed by atoms with Gasteiger partial charge in [0, 0.05) is 41.4 Å². The number of halogens is 3. The molecule has 0 atom stereocenters. The van der Waals surface area contributed by atoms with Crippen LogP contribution in [-0.2, 0) is 27.0 Å². The lowest BCUT2D eigenvalue weighted by atomic mass is 9.78. The summed E-state index contributed by atoms with van der Waals surface area (Å²) in [6.07, 6.45) is -5.21. The Labute approximate surface area is 241 Å². The molecule has 3 rings (SSSR count). The van der Waals surface area contributed by atoms with Crippen LogP contribution in [0.25, 0.3) is 0 Å². The van der Waals surface area contributed by atoms with E-state index in [9.17, 15) is 32.3 Å². The van der Waals surface area contributed by atoms with Crippen LogP contribution in [-0.4, -0.2) is 70.7 Å². The highest BCUT2D eigenvalue weighted by molar-refractivity contribution is 6.07. The van der Waals surface area contributed by atoms with Crippen LogP contribution in [0.2, 0.25) is 0 Å². The van der Waals surface area contributed by atoms with Gasteiger partial charge in [-0.15, -0.1) is 0 Å². The maximum absolute atomic E-state index is 13.6. The van der Waals surface area contributed by atoms with Crippen molar-refractivity contribution in [3.05, 3.63) is 63.7 Å². The summed E-state index contributed by atoms with van der Waals surface area (Å²) in [6.45, 7) is 9.86. The molecule has 0 aromatic heterocycles. The molecule has 1 amide bonds. The molecular formula is C30H34F3N3O6. The van der Waals surface area contributed by atoms with Crippen molar-refractivity contribution in [1.29, 1.82) is 5.41 Å². The van der Waals surface area contributed by atoms with E-state index in [1.807, 2.05) is 0 Å².